The van der Waals surface area contributed by atoms with Crippen LogP contribution >= 0.6 is 11.8 Å². The van der Waals surface area contributed by atoms with Gasteiger partial charge in [-0.15, -0.1) is 0 Å². The van der Waals surface area contributed by atoms with E-state index in [0.717, 1.165) is 6.42 Å². The second kappa shape index (κ2) is 13.2. The summed E-state index contributed by atoms with van der Waals surface area (Å²) in [4.78, 5) is 60.3. The van der Waals surface area contributed by atoms with Gasteiger partial charge >= 0.3 is 11.9 Å². The number of rotatable bonds is 13. The molecule has 6 N–H and O–H groups in total. The first-order chi connectivity index (χ1) is 14.6. The lowest BCUT2D eigenvalue weighted by molar-refractivity contribution is -0.143. The summed E-state index contributed by atoms with van der Waals surface area (Å²) in [5, 5.41) is 28.7. The van der Waals surface area contributed by atoms with Crippen LogP contribution in [0.4, 0.5) is 0 Å². The first kappa shape index (κ1) is 26.7. The molecule has 0 spiro atoms. The quantitative estimate of drug-likeness (QED) is 0.205. The molecule has 3 amide bonds. The molecule has 0 saturated carbocycles. The summed E-state index contributed by atoms with van der Waals surface area (Å²) >= 11 is 1.44. The van der Waals surface area contributed by atoms with E-state index in [9.17, 15) is 29.1 Å². The standard InChI is InChI=1S/C19H32N4O7S/c1-10(2)15(18(28)21-12(19(29)30)6-8-31-3)23-17(27)13(9-14(24)25)22-16(26)11-5-4-7-20-11/h10-13,15,20H,4-9H2,1-3H3,(H,21,28)(H,22,26)(H,23,27)(H,24,25)(H,29,30). The highest BCUT2D eigenvalue weighted by Crippen LogP contribution is 2.08. The third kappa shape index (κ3) is 9.13. The van der Waals surface area contributed by atoms with E-state index in [-0.39, 0.29) is 6.42 Å². The Hall–Kier alpha value is -2.34. The van der Waals surface area contributed by atoms with Gasteiger partial charge in [0.25, 0.3) is 0 Å². The van der Waals surface area contributed by atoms with Crippen LogP contribution in [0.1, 0.15) is 39.5 Å². The first-order valence-corrected chi connectivity index (χ1v) is 11.5. The van der Waals surface area contributed by atoms with Gasteiger partial charge in [0, 0.05) is 0 Å². The zero-order valence-electron chi connectivity index (χ0n) is 18.0. The summed E-state index contributed by atoms with van der Waals surface area (Å²) in [5.41, 5.74) is 0. The van der Waals surface area contributed by atoms with Gasteiger partial charge in [0.15, 0.2) is 0 Å². The van der Waals surface area contributed by atoms with Gasteiger partial charge in [-0.3, -0.25) is 19.2 Å². The van der Waals surface area contributed by atoms with Crippen molar-refractivity contribution in [2.24, 2.45) is 5.92 Å². The van der Waals surface area contributed by atoms with Crippen molar-refractivity contribution in [1.29, 1.82) is 0 Å². The number of carboxylic acid groups (broad SMARTS) is 2. The summed E-state index contributed by atoms with van der Waals surface area (Å²) in [7, 11) is 0. The molecule has 0 aromatic heterocycles. The monoisotopic (exact) mass is 460 g/mol. The van der Waals surface area contributed by atoms with Crippen molar-refractivity contribution in [3.05, 3.63) is 0 Å². The molecule has 176 valence electrons. The Morgan fingerprint density at radius 3 is 2.19 bits per heavy atom. The van der Waals surface area contributed by atoms with Gasteiger partial charge in [-0.2, -0.15) is 11.8 Å². The fourth-order valence-corrected chi connectivity index (χ4v) is 3.58. The molecular formula is C19H32N4O7S. The lowest BCUT2D eigenvalue weighted by Crippen LogP contribution is -2.58. The Bertz CT molecular complexity index is 668. The van der Waals surface area contributed by atoms with E-state index in [1.165, 1.54) is 11.8 Å². The van der Waals surface area contributed by atoms with Crippen molar-refractivity contribution in [3.8, 4) is 0 Å². The van der Waals surface area contributed by atoms with E-state index >= 15 is 0 Å². The lowest BCUT2D eigenvalue weighted by atomic mass is 10.0. The summed E-state index contributed by atoms with van der Waals surface area (Å²) in [6.07, 6.45) is 2.76. The molecule has 12 heteroatoms. The van der Waals surface area contributed by atoms with Crippen LogP contribution in [-0.4, -0.2) is 82.6 Å². The van der Waals surface area contributed by atoms with E-state index in [4.69, 9.17) is 5.11 Å². The number of carbonyl (C=O) groups excluding carboxylic acids is 3. The fourth-order valence-electron chi connectivity index (χ4n) is 3.11. The predicted molar refractivity (Wildman–Crippen MR) is 115 cm³/mol. The molecule has 0 aliphatic carbocycles. The Balaban J connectivity index is 2.86. The first-order valence-electron chi connectivity index (χ1n) is 10.1. The maximum atomic E-state index is 12.7. The number of nitrogens with one attached hydrogen (secondary N) is 4. The average molecular weight is 461 g/mol. The van der Waals surface area contributed by atoms with E-state index in [2.05, 4.69) is 21.3 Å². The topological polar surface area (TPSA) is 174 Å². The molecule has 4 unspecified atom stereocenters. The fraction of sp³-hybridized carbons (Fsp3) is 0.737. The number of amides is 3. The van der Waals surface area contributed by atoms with Crippen molar-refractivity contribution >= 4 is 41.4 Å². The third-order valence-corrected chi connectivity index (χ3v) is 5.50. The van der Waals surface area contributed by atoms with Crippen LogP contribution in [-0.2, 0) is 24.0 Å². The Labute approximate surface area is 185 Å². The molecule has 1 aliphatic heterocycles. The third-order valence-electron chi connectivity index (χ3n) is 4.86. The number of hydrogen-bond donors (Lipinski definition) is 6. The smallest absolute Gasteiger partial charge is 0.326 e. The molecular weight excluding hydrogens is 428 g/mol. The number of aliphatic carboxylic acids is 2. The highest BCUT2D eigenvalue weighted by molar-refractivity contribution is 7.98. The van der Waals surface area contributed by atoms with Gasteiger partial charge in [0.2, 0.25) is 17.7 Å². The molecule has 1 fully saturated rings. The van der Waals surface area contributed by atoms with E-state index in [1.807, 2.05) is 6.26 Å². The minimum atomic E-state index is -1.37. The van der Waals surface area contributed by atoms with Gasteiger partial charge in [-0.05, 0) is 43.7 Å². The molecule has 1 saturated heterocycles. The summed E-state index contributed by atoms with van der Waals surface area (Å²) in [5.74, 6) is -4.33. The Morgan fingerprint density at radius 2 is 1.71 bits per heavy atom. The minimum Gasteiger partial charge on any atom is -0.481 e. The van der Waals surface area contributed by atoms with Crippen molar-refractivity contribution in [1.82, 2.24) is 21.3 Å². The van der Waals surface area contributed by atoms with E-state index in [1.54, 1.807) is 13.8 Å². The second-order valence-corrected chi connectivity index (χ2v) is 8.70. The summed E-state index contributed by atoms with van der Waals surface area (Å²) < 4.78 is 0. The van der Waals surface area contributed by atoms with Gasteiger partial charge < -0.3 is 31.5 Å². The van der Waals surface area contributed by atoms with Crippen molar-refractivity contribution in [2.75, 3.05) is 18.6 Å². The van der Waals surface area contributed by atoms with Crippen LogP contribution in [0, 0.1) is 5.92 Å². The van der Waals surface area contributed by atoms with Gasteiger partial charge in [0.05, 0.1) is 12.5 Å². The Kier molecular flexibility index (Phi) is 11.3. The van der Waals surface area contributed by atoms with Crippen molar-refractivity contribution < 1.29 is 34.2 Å². The maximum Gasteiger partial charge on any atom is 0.326 e. The maximum absolute atomic E-state index is 12.7. The molecule has 11 nitrogen and oxygen atoms in total. The molecule has 4 atom stereocenters. The van der Waals surface area contributed by atoms with Crippen molar-refractivity contribution in [2.45, 2.75) is 63.7 Å². The zero-order chi connectivity index (χ0) is 23.6. The Morgan fingerprint density at radius 1 is 1.03 bits per heavy atom. The lowest BCUT2D eigenvalue weighted by Gasteiger charge is -2.26. The number of carbonyl (C=O) groups is 5. The highest BCUT2D eigenvalue weighted by Gasteiger charge is 2.33. The van der Waals surface area contributed by atoms with Crippen LogP contribution < -0.4 is 21.3 Å². The minimum absolute atomic E-state index is 0.215. The summed E-state index contributed by atoms with van der Waals surface area (Å²) in [6, 6.07) is -4.07. The molecule has 1 rings (SSSR count). The van der Waals surface area contributed by atoms with Crippen LogP contribution in [0.15, 0.2) is 0 Å². The van der Waals surface area contributed by atoms with Crippen LogP contribution in [0.25, 0.3) is 0 Å². The molecule has 0 radical (unpaired) electrons. The van der Waals surface area contributed by atoms with Crippen LogP contribution in [0.5, 0.6) is 0 Å². The van der Waals surface area contributed by atoms with E-state index < -0.39 is 66.2 Å². The van der Waals surface area contributed by atoms with Crippen LogP contribution in [0.3, 0.4) is 0 Å². The molecule has 0 aromatic rings. The molecule has 0 bridgehead atoms. The molecule has 1 aliphatic rings. The number of thioether (sulfide) groups is 1. The summed E-state index contributed by atoms with van der Waals surface area (Å²) in [6.45, 7) is 3.98. The molecule has 0 aromatic carbocycles. The van der Waals surface area contributed by atoms with E-state index in [0.29, 0.717) is 18.7 Å². The predicted octanol–water partition coefficient (Wildman–Crippen LogP) is -0.839. The second-order valence-electron chi connectivity index (χ2n) is 7.72. The van der Waals surface area contributed by atoms with Crippen LogP contribution in [0.2, 0.25) is 0 Å². The largest absolute Gasteiger partial charge is 0.481 e. The van der Waals surface area contributed by atoms with Crippen molar-refractivity contribution in [3.63, 3.8) is 0 Å². The molecule has 1 heterocycles. The average Bonchev–Trinajstić information content (AvgIpc) is 3.22. The number of hydrogen-bond acceptors (Lipinski definition) is 7. The normalized spacial score (nSPS) is 18.6. The number of carboxylic acids is 2. The van der Waals surface area contributed by atoms with Gasteiger partial charge in [-0.25, -0.2) is 4.79 Å². The SMILES string of the molecule is CSCCC(NC(=O)C(NC(=O)C(CC(=O)O)NC(=O)C1CCCN1)C(C)C)C(=O)O. The zero-order valence-corrected chi connectivity index (χ0v) is 18.8. The van der Waals surface area contributed by atoms with Gasteiger partial charge in [0.1, 0.15) is 18.1 Å². The highest BCUT2D eigenvalue weighted by atomic mass is 32.2. The van der Waals surface area contributed by atoms with Gasteiger partial charge in [-0.1, -0.05) is 13.8 Å². The molecule has 31 heavy (non-hydrogen) atoms.